The maximum absolute atomic E-state index is 12.1. The molecule has 7 fully saturated rings. The molecule has 38 nitrogen and oxygen atoms in total. The van der Waals surface area contributed by atoms with Crippen LogP contribution >= 0.6 is 41.3 Å². The topological polar surface area (TPSA) is 526 Å². The number of nitrogens with one attached hydrogen (secondary N) is 6. The zero-order chi connectivity index (χ0) is 103. The summed E-state index contributed by atoms with van der Waals surface area (Å²) in [5, 5.41) is 125. The molecular weight excluding hydrogens is 1890 g/mol. The van der Waals surface area contributed by atoms with Gasteiger partial charge in [0.1, 0.15) is 101 Å². The van der Waals surface area contributed by atoms with E-state index in [9.17, 15) is 94.5 Å². The molecule has 11 aliphatic heterocycles. The van der Waals surface area contributed by atoms with Crippen LogP contribution in [0.4, 0.5) is 0 Å². The molecule has 7 saturated heterocycles. The normalized spacial score (nSPS) is 33.0. The average molecular weight is 2040 g/mol. The van der Waals surface area contributed by atoms with Crippen molar-refractivity contribution in [1.82, 2.24) is 60.0 Å². The van der Waals surface area contributed by atoms with Crippen LogP contribution < -0.4 is 43.8 Å². The van der Waals surface area contributed by atoms with Crippen LogP contribution in [0.2, 0.25) is 0 Å². The highest BCUT2D eigenvalue weighted by atomic mass is 31.2. The zero-order valence-corrected chi connectivity index (χ0v) is 87.5. The van der Waals surface area contributed by atoms with Crippen LogP contribution in [0.5, 0.6) is 0 Å². The largest absolute Gasteiger partial charge is 0.388 e. The molecule has 0 spiro atoms. The van der Waals surface area contributed by atoms with E-state index in [1.807, 2.05) is 6.92 Å². The number of aliphatic hydroxyl groups is 11. The number of fused-ring (bicyclic) bond motifs is 2. The molecule has 13 rings (SSSR count). The highest BCUT2D eigenvalue weighted by Crippen LogP contribution is 2.50. The number of aliphatic hydroxyl groups excluding tert-OH is 9. The van der Waals surface area contributed by atoms with Gasteiger partial charge in [-0.05, 0) is 196 Å². The average Bonchev–Trinajstić information content (AvgIpc) is 1.57. The van der Waals surface area contributed by atoms with Crippen LogP contribution in [0.15, 0.2) is 143 Å². The summed E-state index contributed by atoms with van der Waals surface area (Å²) in [7, 11) is 0. The number of nitrogens with zero attached hydrogens (tertiary/aromatic N) is 6. The minimum absolute atomic E-state index is 0.218. The third kappa shape index (κ3) is 30.4. The van der Waals surface area contributed by atoms with Crippen molar-refractivity contribution in [1.29, 1.82) is 0 Å². The van der Waals surface area contributed by atoms with Gasteiger partial charge in [0, 0.05) is 72.6 Å². The lowest BCUT2D eigenvalue weighted by atomic mass is 9.94. The third-order valence-electron chi connectivity index (χ3n) is 24.9. The van der Waals surface area contributed by atoms with E-state index in [-0.39, 0.29) is 23.6 Å². The van der Waals surface area contributed by atoms with Gasteiger partial charge in [0.25, 0.3) is 34.7 Å². The summed E-state index contributed by atoms with van der Waals surface area (Å²) in [5.74, 6) is 0.328. The molecular formula is C93H152N12O26P6. The number of H-pyrrole nitrogens is 2. The molecule has 2 aromatic heterocycles. The van der Waals surface area contributed by atoms with Crippen molar-refractivity contribution in [2.45, 2.75) is 237 Å². The van der Waals surface area contributed by atoms with Crippen molar-refractivity contribution >= 4 is 103 Å². The summed E-state index contributed by atoms with van der Waals surface area (Å²) in [6.45, 7) is 43.8. The van der Waals surface area contributed by atoms with E-state index >= 15 is 0 Å². The standard InChI is InChI=1S/C17H27N2O5P.C16H27N2O5P.C15H23N2O4P.3C15H25N2O4P/c1-5-6-7-11-10-19(17(23)18-15(11)22)16-14(21)13(20)12(24-16)8-9-25(2,3)4;1-5-6-10-9-18(16(22)17-14(10)21)15-13(20)12(19)11(23-15)7-8-24(2,3)4;1-10-16-11(18)5-7-17(10)14-12-13(19)15(21-14,9-20-12)6-8-22(2,3)4;2*1-10-16-12(18)6-8-17(10)14-15(2,20)13(19)11(21-14)7-9-22(3,4)5;1-10-16-11(18)6-8-17(10)14-12(19)13(20)15(2,21-14)7-9-22(3,4)5/h5,10,12-14,16,20-21H,1-2,6-9H2,3-4H3,(H,18,22,23);9,11-13,15,19-20H,2,5-8H2,1,3-4H3,(H,17,21,22);5,7,12-14,19H,1-2,6,8-9H2,3-4H3,(H,16,18);2*6,8,11,13-14,19-20H,1,3,7,9H2,2,4-5H3,(H,16,18);6,8,12-14,19-20H,1,3,7,9H2,2,4-5H3,(H,16,18)/t12?,13-,14-,16?;11?,12-,13-,15?;12-,13+,14?,15+;11?,13-,14?,15+;11?,13-,14?,15-;12-,13+,14?,15-/m111111/s1. The van der Waals surface area contributed by atoms with Crippen molar-refractivity contribution in [3.63, 3.8) is 0 Å². The lowest BCUT2D eigenvalue weighted by molar-refractivity contribution is -0.182. The molecule has 770 valence electrons. The molecule has 11 aliphatic rings. The van der Waals surface area contributed by atoms with E-state index in [0.717, 1.165) is 54.4 Å². The van der Waals surface area contributed by atoms with E-state index in [1.54, 1.807) is 24.1 Å². The van der Waals surface area contributed by atoms with Gasteiger partial charge in [-0.2, -0.15) is 0 Å². The summed E-state index contributed by atoms with van der Waals surface area (Å²) >= 11 is 0. The van der Waals surface area contributed by atoms with E-state index < -0.39 is 209 Å². The molecule has 2 bridgehead atoms. The summed E-state index contributed by atoms with van der Waals surface area (Å²) in [6, 6.07) is 0. The van der Waals surface area contributed by atoms with Gasteiger partial charge in [-0.15, -0.1) is 85.7 Å². The monoisotopic (exact) mass is 2040 g/mol. The lowest BCUT2D eigenvalue weighted by Gasteiger charge is -2.38. The van der Waals surface area contributed by atoms with Gasteiger partial charge in [-0.25, -0.2) is 9.59 Å². The molecule has 137 heavy (non-hydrogen) atoms. The minimum Gasteiger partial charge on any atom is -0.388 e. The Kier molecular flexibility index (Phi) is 39.0. The van der Waals surface area contributed by atoms with Crippen molar-refractivity contribution in [3.8, 4) is 0 Å². The van der Waals surface area contributed by atoms with Crippen LogP contribution in [0.1, 0.15) is 103 Å². The van der Waals surface area contributed by atoms with E-state index in [0.29, 0.717) is 92.4 Å². The first-order chi connectivity index (χ1) is 63.1. The number of aromatic nitrogens is 4. The first-order valence-electron chi connectivity index (χ1n) is 45.4. The summed E-state index contributed by atoms with van der Waals surface area (Å²) < 4.78 is 43.5. The minimum atomic E-state index is -1.47. The lowest BCUT2D eigenvalue weighted by Crippen LogP contribution is -2.53. The van der Waals surface area contributed by atoms with Gasteiger partial charge >= 0.3 is 11.4 Å². The van der Waals surface area contributed by atoms with Crippen LogP contribution in [-0.4, -0.2) is 413 Å². The van der Waals surface area contributed by atoms with Crippen molar-refractivity contribution in [2.24, 2.45) is 0 Å². The summed E-state index contributed by atoms with van der Waals surface area (Å²) in [6.07, 6.45) is 35.3. The number of rotatable bonds is 29. The fourth-order valence-electron chi connectivity index (χ4n) is 16.7. The van der Waals surface area contributed by atoms with Gasteiger partial charge in [-0.1, -0.05) is 45.7 Å². The van der Waals surface area contributed by atoms with Crippen LogP contribution in [-0.2, 0) is 65.2 Å². The Labute approximate surface area is 804 Å². The Morgan fingerprint density at radius 1 is 0.416 bits per heavy atom. The first-order valence-corrected chi connectivity index (χ1v) is 63.8. The Bertz CT molecular complexity index is 5290. The highest BCUT2D eigenvalue weighted by Gasteiger charge is 2.63. The molecule has 2 aromatic rings. The summed E-state index contributed by atoms with van der Waals surface area (Å²) in [5.41, 5.74) is -5.82. The fourth-order valence-corrected chi connectivity index (χ4v) is 22.5. The molecule has 24 atom stereocenters. The second-order valence-electron chi connectivity index (χ2n) is 41.5. The quantitative estimate of drug-likeness (QED) is 0.0409. The SMILES string of the molecule is C=C1NC(=O)C=CN1C1OC(CCP(=C)(C)C)[C@@H](O)[C@@]1(C)O.C=C1NC(=O)C=CN1C1OC(CCP(=C)(C)C)[C@@H](O)[C@]1(C)O.C=C1NC(=O)C=CN1C1O[C@@]2(CCP(=C)(C)C)CO[C@@H]1[C@@H]2O.C=C1NC(=O)C=CN1C1O[C@](C)(CCP(=C)(C)C)[C@@H](O)[C@H]1O.C=CCCc1cn(C2OC(CCP(=C)(C)C)[C@@H](O)[C@H]2O)c(=O)[nH]c1=O.C=P(C)(C)CCC1OC(n2cc(CCC)c(=O)[nH]c2=O)[C@H](O)[C@@H]1O. The van der Waals surface area contributed by atoms with Crippen LogP contribution in [0, 0.1) is 0 Å². The second-order valence-corrected chi connectivity index (χ2v) is 67.4. The number of amides is 4. The Hall–Kier alpha value is -6.82. The predicted octanol–water partition coefficient (Wildman–Crippen LogP) is 1.96. The zero-order valence-electron chi connectivity index (χ0n) is 82.1. The van der Waals surface area contributed by atoms with Crippen molar-refractivity contribution in [2.75, 3.05) is 124 Å². The molecule has 44 heteroatoms. The number of ether oxygens (including phenoxy) is 7. The molecule has 0 aromatic carbocycles. The fraction of sp³-hybridized carbons (Fsp3) is 0.613. The van der Waals surface area contributed by atoms with E-state index in [4.69, 9.17) is 33.2 Å². The Morgan fingerprint density at radius 3 is 1.09 bits per heavy atom. The number of carbonyl (C=O) groups excluding carboxylic acids is 4. The smallest absolute Gasteiger partial charge is 0.330 e. The number of allylic oxidation sites excluding steroid dienone is 1. The van der Waals surface area contributed by atoms with Gasteiger partial charge < -0.3 is 130 Å². The third-order valence-corrected chi connectivity index (χ3v) is 33.7. The van der Waals surface area contributed by atoms with Gasteiger partial charge in [-0.3, -0.25) is 47.9 Å². The molecule has 0 radical (unpaired) electrons. The molecule has 4 amide bonds. The number of aryl methyl sites for hydroxylation is 2. The summed E-state index contributed by atoms with van der Waals surface area (Å²) in [4.78, 5) is 104. The first kappa shape index (κ1) is 115. The molecule has 0 aliphatic carbocycles. The van der Waals surface area contributed by atoms with Crippen molar-refractivity contribution in [3.05, 3.63) is 177 Å². The van der Waals surface area contributed by atoms with E-state index in [2.05, 4.69) is 182 Å². The highest BCUT2D eigenvalue weighted by molar-refractivity contribution is 7.73. The number of hydrogen-bond acceptors (Lipinski definition) is 30. The number of aromatic amines is 2. The predicted molar refractivity (Wildman–Crippen MR) is 552 cm³/mol. The van der Waals surface area contributed by atoms with E-state index in [1.165, 1.54) is 88.4 Å². The number of carbonyl (C=O) groups is 4. The van der Waals surface area contributed by atoms with Crippen molar-refractivity contribution < 1.29 is 109 Å². The van der Waals surface area contributed by atoms with Gasteiger partial charge in [0.05, 0.1) is 36.6 Å². The maximum atomic E-state index is 12.1. The maximum Gasteiger partial charge on any atom is 0.330 e. The van der Waals surface area contributed by atoms with Crippen LogP contribution in [0.3, 0.4) is 0 Å². The molecule has 13 heterocycles. The molecule has 17 N–H and O–H groups in total. The van der Waals surface area contributed by atoms with Crippen LogP contribution in [0.25, 0.3) is 0 Å². The molecule has 10 unspecified atom stereocenters. The van der Waals surface area contributed by atoms with Gasteiger partial charge in [0.2, 0.25) is 0 Å². The van der Waals surface area contributed by atoms with Gasteiger partial charge in [0.15, 0.2) is 37.4 Å². The Morgan fingerprint density at radius 2 is 0.752 bits per heavy atom. The Balaban J connectivity index is 0.000000202. The second kappa shape index (κ2) is 46.3. The number of hydrogen-bond donors (Lipinski definition) is 17. The molecule has 0 saturated carbocycles.